The fourth-order valence-electron chi connectivity index (χ4n) is 1.49. The van der Waals surface area contributed by atoms with Crippen LogP contribution < -0.4 is 5.32 Å². The molecule has 1 heterocycles. The Hall–Kier alpha value is -1.87. The first-order valence-electron chi connectivity index (χ1n) is 5.76. The predicted octanol–water partition coefficient (Wildman–Crippen LogP) is 2.07. The van der Waals surface area contributed by atoms with Crippen molar-refractivity contribution in [3.05, 3.63) is 50.9 Å². The van der Waals surface area contributed by atoms with E-state index in [1.54, 1.807) is 24.4 Å². The van der Waals surface area contributed by atoms with Crippen molar-refractivity contribution < 1.29 is 9.90 Å². The monoisotopic (exact) mass is 306 g/mol. The molecule has 0 aliphatic heterocycles. The molecule has 2 N–H and O–H groups in total. The molecule has 0 spiro atoms. The van der Waals surface area contributed by atoms with Gasteiger partial charge < -0.3 is 10.4 Å². The summed E-state index contributed by atoms with van der Waals surface area (Å²) in [4.78, 5) is 16.0. The van der Waals surface area contributed by atoms with Crippen molar-refractivity contribution in [2.45, 2.75) is 6.54 Å². The summed E-state index contributed by atoms with van der Waals surface area (Å²) in [5.41, 5.74) is 1.04. The first-order chi connectivity index (χ1) is 9.70. The zero-order valence-electron chi connectivity index (χ0n) is 10.4. The fourth-order valence-corrected chi connectivity index (χ4v) is 2.27. The Bertz CT molecular complexity index is 660. The van der Waals surface area contributed by atoms with Crippen LogP contribution in [0.5, 0.6) is 0 Å². The molecule has 0 fully saturated rings. The number of thiazole rings is 1. The normalized spacial score (nSPS) is 9.70. The van der Waals surface area contributed by atoms with Crippen LogP contribution in [0.2, 0.25) is 5.02 Å². The van der Waals surface area contributed by atoms with Gasteiger partial charge in [-0.2, -0.15) is 0 Å². The highest BCUT2D eigenvalue weighted by molar-refractivity contribution is 7.09. The number of carbonyl (C=O) groups excluding carboxylic acids is 1. The molecule has 1 amide bonds. The second-order valence-electron chi connectivity index (χ2n) is 3.76. The molecule has 0 radical (unpaired) electrons. The Morgan fingerprint density at radius 2 is 2.35 bits per heavy atom. The molecule has 0 saturated heterocycles. The molecule has 0 unspecified atom stereocenters. The predicted molar refractivity (Wildman–Crippen MR) is 78.7 cm³/mol. The Labute approximate surface area is 125 Å². The number of halogens is 1. The van der Waals surface area contributed by atoms with Gasteiger partial charge in [-0.25, -0.2) is 4.98 Å². The van der Waals surface area contributed by atoms with Crippen LogP contribution in [0, 0.1) is 11.8 Å². The van der Waals surface area contributed by atoms with E-state index in [1.807, 2.05) is 5.38 Å². The van der Waals surface area contributed by atoms with Crippen LogP contribution in [0.4, 0.5) is 0 Å². The van der Waals surface area contributed by atoms with Crippen LogP contribution in [-0.4, -0.2) is 22.6 Å². The topological polar surface area (TPSA) is 62.2 Å². The molecule has 20 heavy (non-hydrogen) atoms. The summed E-state index contributed by atoms with van der Waals surface area (Å²) in [5, 5.41) is 14.5. The number of amides is 1. The van der Waals surface area contributed by atoms with Crippen molar-refractivity contribution in [3.63, 3.8) is 0 Å². The first kappa shape index (κ1) is 14.5. The van der Waals surface area contributed by atoms with E-state index in [9.17, 15) is 4.79 Å². The lowest BCUT2D eigenvalue weighted by Gasteiger charge is -2.04. The molecule has 102 valence electrons. The molecule has 4 nitrogen and oxygen atoms in total. The van der Waals surface area contributed by atoms with E-state index < -0.39 is 0 Å². The standard InChI is InChI=1S/C14H11ClN2O2S/c15-12-8-11(4-3-10(12)2-1-6-18)14(19)17-9-13-16-5-7-20-13/h3-5,7-8,18H,6,9H2,(H,17,19). The van der Waals surface area contributed by atoms with E-state index in [4.69, 9.17) is 16.7 Å². The summed E-state index contributed by atoms with van der Waals surface area (Å²) in [6.45, 7) is 0.159. The minimum absolute atomic E-state index is 0.219. The van der Waals surface area contributed by atoms with Crippen molar-refractivity contribution in [1.82, 2.24) is 10.3 Å². The van der Waals surface area contributed by atoms with E-state index >= 15 is 0 Å². The SMILES string of the molecule is O=C(NCc1nccs1)c1ccc(C#CCO)c(Cl)c1. The number of hydrogen-bond acceptors (Lipinski definition) is 4. The molecular formula is C14H11ClN2O2S. The number of nitrogens with zero attached hydrogens (tertiary/aromatic N) is 1. The Morgan fingerprint density at radius 3 is 3.00 bits per heavy atom. The number of benzene rings is 1. The molecule has 2 rings (SSSR count). The van der Waals surface area contributed by atoms with Crippen LogP contribution in [0.25, 0.3) is 0 Å². The molecule has 0 atom stereocenters. The maximum atomic E-state index is 11.9. The minimum Gasteiger partial charge on any atom is -0.384 e. The molecular weight excluding hydrogens is 296 g/mol. The van der Waals surface area contributed by atoms with Gasteiger partial charge in [0.1, 0.15) is 11.6 Å². The second-order valence-corrected chi connectivity index (χ2v) is 5.15. The van der Waals surface area contributed by atoms with Crippen molar-refractivity contribution in [2.75, 3.05) is 6.61 Å². The molecule has 1 aromatic carbocycles. The van der Waals surface area contributed by atoms with Crippen molar-refractivity contribution in [2.24, 2.45) is 0 Å². The van der Waals surface area contributed by atoms with Crippen LogP contribution in [-0.2, 0) is 6.54 Å². The zero-order valence-corrected chi connectivity index (χ0v) is 12.0. The Balaban J connectivity index is 2.05. The van der Waals surface area contributed by atoms with Crippen LogP contribution in [0.1, 0.15) is 20.9 Å². The number of rotatable bonds is 3. The highest BCUT2D eigenvalue weighted by atomic mass is 35.5. The molecule has 0 aliphatic rings. The van der Waals surface area contributed by atoms with Gasteiger partial charge in [0.05, 0.1) is 11.6 Å². The average molecular weight is 307 g/mol. The number of carbonyl (C=O) groups is 1. The van der Waals surface area contributed by atoms with Gasteiger partial charge in [-0.05, 0) is 18.2 Å². The number of nitrogens with one attached hydrogen (secondary N) is 1. The van der Waals surface area contributed by atoms with Gasteiger partial charge in [0, 0.05) is 22.7 Å². The maximum Gasteiger partial charge on any atom is 0.251 e. The molecule has 0 bridgehead atoms. The smallest absolute Gasteiger partial charge is 0.251 e. The maximum absolute atomic E-state index is 11.9. The third-order valence-corrected chi connectivity index (χ3v) is 3.51. The quantitative estimate of drug-likeness (QED) is 0.853. The second kappa shape index (κ2) is 7.06. The number of aliphatic hydroxyl groups excluding tert-OH is 1. The van der Waals surface area contributed by atoms with Crippen LogP contribution >= 0.6 is 22.9 Å². The summed E-state index contributed by atoms with van der Waals surface area (Å²) in [6, 6.07) is 4.86. The Morgan fingerprint density at radius 1 is 1.50 bits per heavy atom. The lowest BCUT2D eigenvalue weighted by molar-refractivity contribution is 0.0951. The molecule has 2 aromatic rings. The molecule has 6 heteroatoms. The van der Waals surface area contributed by atoms with Gasteiger partial charge in [-0.1, -0.05) is 23.4 Å². The van der Waals surface area contributed by atoms with E-state index in [0.717, 1.165) is 5.01 Å². The molecule has 1 aromatic heterocycles. The lowest BCUT2D eigenvalue weighted by atomic mass is 10.1. The fraction of sp³-hybridized carbons (Fsp3) is 0.143. The van der Waals surface area contributed by atoms with Crippen molar-refractivity contribution in [1.29, 1.82) is 0 Å². The van der Waals surface area contributed by atoms with Gasteiger partial charge in [-0.3, -0.25) is 4.79 Å². The summed E-state index contributed by atoms with van der Waals surface area (Å²) >= 11 is 7.52. The van der Waals surface area contributed by atoms with Gasteiger partial charge in [0.15, 0.2) is 0 Å². The zero-order chi connectivity index (χ0) is 14.4. The Kier molecular flexibility index (Phi) is 5.13. The minimum atomic E-state index is -0.230. The number of aromatic nitrogens is 1. The lowest BCUT2D eigenvalue weighted by Crippen LogP contribution is -2.22. The van der Waals surface area contributed by atoms with E-state index in [-0.39, 0.29) is 12.5 Å². The van der Waals surface area contributed by atoms with Gasteiger partial charge in [0.2, 0.25) is 0 Å². The summed E-state index contributed by atoms with van der Waals surface area (Å²) in [7, 11) is 0. The summed E-state index contributed by atoms with van der Waals surface area (Å²) in [6.07, 6.45) is 1.69. The van der Waals surface area contributed by atoms with E-state index in [2.05, 4.69) is 22.1 Å². The van der Waals surface area contributed by atoms with Crippen molar-refractivity contribution in [3.8, 4) is 11.8 Å². The number of aliphatic hydroxyl groups is 1. The highest BCUT2D eigenvalue weighted by Gasteiger charge is 2.08. The first-order valence-corrected chi connectivity index (χ1v) is 7.02. The molecule has 0 aliphatic carbocycles. The third-order valence-electron chi connectivity index (χ3n) is 2.42. The van der Waals surface area contributed by atoms with Crippen LogP contribution in [0.15, 0.2) is 29.8 Å². The van der Waals surface area contributed by atoms with Gasteiger partial charge in [0.25, 0.3) is 5.91 Å². The third kappa shape index (κ3) is 3.81. The summed E-state index contributed by atoms with van der Waals surface area (Å²) < 4.78 is 0. The van der Waals surface area contributed by atoms with E-state index in [0.29, 0.717) is 22.7 Å². The summed E-state index contributed by atoms with van der Waals surface area (Å²) in [5.74, 6) is 5.00. The average Bonchev–Trinajstić information content (AvgIpc) is 2.96. The number of hydrogen-bond donors (Lipinski definition) is 2. The van der Waals surface area contributed by atoms with E-state index in [1.165, 1.54) is 11.3 Å². The highest BCUT2D eigenvalue weighted by Crippen LogP contribution is 2.17. The molecule has 0 saturated carbocycles. The van der Waals surface area contributed by atoms with Crippen LogP contribution in [0.3, 0.4) is 0 Å². The van der Waals surface area contributed by atoms with Gasteiger partial charge in [-0.15, -0.1) is 11.3 Å². The largest absolute Gasteiger partial charge is 0.384 e. The van der Waals surface area contributed by atoms with Gasteiger partial charge >= 0.3 is 0 Å². The van der Waals surface area contributed by atoms with Crippen molar-refractivity contribution >= 4 is 28.8 Å².